The summed E-state index contributed by atoms with van der Waals surface area (Å²) in [6.45, 7) is 32.3. The second-order valence-electron chi connectivity index (χ2n) is 22.2. The third kappa shape index (κ3) is 14.9. The van der Waals surface area contributed by atoms with Crippen LogP contribution in [0.5, 0.6) is 0 Å². The Hall–Kier alpha value is -4.32. The minimum Gasteiger partial charge on any atom is -0.466 e. The lowest BCUT2D eigenvalue weighted by Gasteiger charge is -2.42. The summed E-state index contributed by atoms with van der Waals surface area (Å²) in [5, 5.41) is 4.39. The Kier molecular flexibility index (Phi) is 18.9. The van der Waals surface area contributed by atoms with E-state index in [2.05, 4.69) is 169 Å². The lowest BCUT2D eigenvalue weighted by Crippen LogP contribution is -2.47. The first-order chi connectivity index (χ1) is 32.8. The Bertz CT molecular complexity index is 2310. The summed E-state index contributed by atoms with van der Waals surface area (Å²) in [5.41, 5.74) is 11.5. The molecule has 0 bridgehead atoms. The van der Waals surface area contributed by atoms with Crippen LogP contribution in [0.3, 0.4) is 0 Å². The molecule has 2 aromatic carbocycles. The Morgan fingerprint density at radius 1 is 0.551 bits per heavy atom. The molecular weight excluding hydrogens is 925 g/mol. The Morgan fingerprint density at radius 2 is 0.971 bits per heavy atom. The monoisotopic (exact) mass is 1010 g/mol. The smallest absolute Gasteiger partial charge is 0.302 e. The van der Waals surface area contributed by atoms with E-state index in [-0.39, 0.29) is 33.6 Å². The average molecular weight is 1010 g/mol. The minimum atomic E-state index is -0.190. The molecule has 2 saturated heterocycles. The van der Waals surface area contributed by atoms with Crippen LogP contribution >= 0.6 is 15.9 Å². The molecule has 2 aromatic heterocycles. The van der Waals surface area contributed by atoms with Crippen LogP contribution in [-0.4, -0.2) is 104 Å². The first-order valence-corrected chi connectivity index (χ1v) is 26.9. The van der Waals surface area contributed by atoms with Gasteiger partial charge in [0.2, 0.25) is 0 Å². The molecule has 11 heteroatoms. The van der Waals surface area contributed by atoms with Crippen molar-refractivity contribution >= 4 is 39.5 Å². The minimum absolute atomic E-state index is 0.189. The van der Waals surface area contributed by atoms with Crippen molar-refractivity contribution in [3.05, 3.63) is 95.1 Å². The number of aromatic nitrogens is 2. The van der Waals surface area contributed by atoms with Crippen LogP contribution in [0.2, 0.25) is 0 Å². The zero-order chi connectivity index (χ0) is 49.8. The number of ether oxygens (including phenoxy) is 2. The first kappa shape index (κ1) is 54.0. The predicted molar refractivity (Wildman–Crippen MR) is 289 cm³/mol. The molecule has 10 nitrogen and oxygen atoms in total. The van der Waals surface area contributed by atoms with E-state index in [0.29, 0.717) is 13.2 Å². The maximum absolute atomic E-state index is 10.9. The number of esters is 2. The number of alkyl halides is 1. The van der Waals surface area contributed by atoms with Crippen molar-refractivity contribution in [2.45, 2.75) is 142 Å². The van der Waals surface area contributed by atoms with E-state index in [1.165, 1.54) is 72.9 Å². The molecule has 2 aliphatic heterocycles. The molecule has 4 aliphatic rings. The molecule has 2 aliphatic carbocycles. The quantitative estimate of drug-likeness (QED) is 0.0792. The molecule has 0 amide bonds. The Labute approximate surface area is 423 Å². The van der Waals surface area contributed by atoms with Crippen molar-refractivity contribution in [2.75, 3.05) is 87.2 Å². The number of pyridine rings is 2. The molecule has 2 fully saturated rings. The summed E-state index contributed by atoms with van der Waals surface area (Å²) in [6.07, 6.45) is 8.95. The number of piperazine rings is 2. The van der Waals surface area contributed by atoms with E-state index in [1.807, 2.05) is 0 Å². The topological polar surface area (TPSA) is 100 Å². The summed E-state index contributed by atoms with van der Waals surface area (Å²) in [6, 6.07) is 26.9. The number of fused-ring (bicyclic) bond motifs is 2. The van der Waals surface area contributed by atoms with Gasteiger partial charge >= 0.3 is 11.9 Å². The van der Waals surface area contributed by atoms with Gasteiger partial charge < -0.3 is 24.6 Å². The Morgan fingerprint density at radius 3 is 1.41 bits per heavy atom. The number of anilines is 2. The predicted octanol–water partition coefficient (Wildman–Crippen LogP) is 11.8. The van der Waals surface area contributed by atoms with E-state index >= 15 is 0 Å². The van der Waals surface area contributed by atoms with Gasteiger partial charge in [-0.15, -0.1) is 0 Å². The van der Waals surface area contributed by atoms with Crippen LogP contribution in [0.1, 0.15) is 143 Å². The number of nitrogens with one attached hydrogen (secondary N) is 1. The van der Waals surface area contributed by atoms with Gasteiger partial charge in [0, 0.05) is 82.7 Å². The normalized spacial score (nSPS) is 18.8. The number of benzene rings is 2. The highest BCUT2D eigenvalue weighted by Gasteiger charge is 2.38. The Balaban J connectivity index is 0.000000197. The zero-order valence-electron chi connectivity index (χ0n) is 43.8. The highest BCUT2D eigenvalue weighted by Crippen LogP contribution is 2.48. The van der Waals surface area contributed by atoms with E-state index in [0.717, 1.165) is 113 Å². The standard InChI is InChI=1S/C29H41N3O2.C23H31N3.C6H11BrO2/c1-22(33)34-20-7-6-15-31-16-18-32(19-17-31)27-10-8-9-26(30-27)23-11-12-24-25(21-23)29(4,5)14-13-28(24,2)3;1-22(2)10-11-23(3,4)19-16-17(8-9-18(19)22)20-6-5-7-21(25-20)26-14-12-24-13-15-26;1-6(8)9-5-3-2-4-7/h8-12,21H,6-7,13-20H2,1-5H3;5-9,16,24H,10-15H2,1-4H3;2-5H2,1H3. The first-order valence-electron chi connectivity index (χ1n) is 25.8. The molecule has 0 atom stereocenters. The second kappa shape index (κ2) is 24.2. The number of unbranched alkanes of at least 4 members (excludes halogenated alkanes) is 2. The van der Waals surface area contributed by atoms with Gasteiger partial charge in [-0.25, -0.2) is 9.97 Å². The van der Waals surface area contributed by atoms with Gasteiger partial charge in [-0.1, -0.05) is 108 Å². The van der Waals surface area contributed by atoms with E-state index in [4.69, 9.17) is 14.7 Å². The van der Waals surface area contributed by atoms with Crippen molar-refractivity contribution in [3.63, 3.8) is 0 Å². The van der Waals surface area contributed by atoms with Crippen molar-refractivity contribution in [1.82, 2.24) is 20.2 Å². The van der Waals surface area contributed by atoms with Crippen molar-refractivity contribution in [2.24, 2.45) is 0 Å². The lowest BCUT2D eigenvalue weighted by molar-refractivity contribution is -0.142. The molecule has 0 radical (unpaired) electrons. The van der Waals surface area contributed by atoms with Crippen LogP contribution in [0.25, 0.3) is 22.5 Å². The van der Waals surface area contributed by atoms with Crippen molar-refractivity contribution < 1.29 is 19.1 Å². The number of carbonyl (C=O) groups is 2. The third-order valence-corrected chi connectivity index (χ3v) is 15.5. The van der Waals surface area contributed by atoms with Gasteiger partial charge in [0.25, 0.3) is 0 Å². The summed E-state index contributed by atoms with van der Waals surface area (Å²) < 4.78 is 9.72. The summed E-state index contributed by atoms with van der Waals surface area (Å²) in [4.78, 5) is 38.4. The summed E-state index contributed by atoms with van der Waals surface area (Å²) in [5.74, 6) is 1.79. The average Bonchev–Trinajstić information content (AvgIpc) is 3.34. The summed E-state index contributed by atoms with van der Waals surface area (Å²) in [7, 11) is 0. The molecule has 0 unspecified atom stereocenters. The fourth-order valence-corrected chi connectivity index (χ4v) is 10.6. The SMILES string of the molecule is CC(=O)OCCCCBr.CC(=O)OCCCCN1CCN(c2cccc(-c3ccc4c(c3)C(C)(C)CCC4(C)C)n2)CC1.CC1(C)CCC(C)(C)c2cc(-c3cccc(N4CCNCC4)n3)ccc21. The maximum Gasteiger partial charge on any atom is 0.302 e. The van der Waals surface area contributed by atoms with Gasteiger partial charge in [0.05, 0.1) is 24.6 Å². The number of carbonyl (C=O) groups excluding carboxylic acids is 2. The highest BCUT2D eigenvalue weighted by atomic mass is 79.9. The molecule has 0 saturated carbocycles. The molecule has 0 spiro atoms. The van der Waals surface area contributed by atoms with Crippen LogP contribution in [0.4, 0.5) is 11.6 Å². The number of rotatable bonds is 13. The van der Waals surface area contributed by atoms with Crippen LogP contribution in [0, 0.1) is 0 Å². The molecule has 69 heavy (non-hydrogen) atoms. The van der Waals surface area contributed by atoms with E-state index in [1.54, 1.807) is 0 Å². The van der Waals surface area contributed by atoms with Gasteiger partial charge in [-0.05, 0) is 138 Å². The molecule has 4 aromatic rings. The van der Waals surface area contributed by atoms with Crippen LogP contribution in [0.15, 0.2) is 72.8 Å². The van der Waals surface area contributed by atoms with Crippen molar-refractivity contribution in [1.29, 1.82) is 0 Å². The fourth-order valence-electron chi connectivity index (χ4n) is 10.2. The molecule has 376 valence electrons. The third-order valence-electron chi connectivity index (χ3n) is 14.9. The summed E-state index contributed by atoms with van der Waals surface area (Å²) >= 11 is 3.28. The molecule has 4 heterocycles. The fraction of sp³-hybridized carbons (Fsp3) is 0.586. The zero-order valence-corrected chi connectivity index (χ0v) is 45.4. The largest absolute Gasteiger partial charge is 0.466 e. The van der Waals surface area contributed by atoms with E-state index in [9.17, 15) is 9.59 Å². The van der Waals surface area contributed by atoms with E-state index < -0.39 is 0 Å². The second-order valence-corrected chi connectivity index (χ2v) is 23.0. The highest BCUT2D eigenvalue weighted by molar-refractivity contribution is 9.09. The van der Waals surface area contributed by atoms with Gasteiger partial charge in [-0.2, -0.15) is 0 Å². The van der Waals surface area contributed by atoms with Gasteiger partial charge in [0.1, 0.15) is 11.6 Å². The van der Waals surface area contributed by atoms with Crippen LogP contribution in [-0.2, 0) is 40.7 Å². The molecule has 8 rings (SSSR count). The molecular formula is C58H83BrN6O4. The number of hydrogen-bond acceptors (Lipinski definition) is 10. The van der Waals surface area contributed by atoms with Gasteiger partial charge in [-0.3, -0.25) is 14.5 Å². The van der Waals surface area contributed by atoms with Crippen molar-refractivity contribution in [3.8, 4) is 22.5 Å². The number of halogens is 1. The van der Waals surface area contributed by atoms with Crippen LogP contribution < -0.4 is 15.1 Å². The number of nitrogens with zero attached hydrogens (tertiary/aromatic N) is 5. The molecule has 1 N–H and O–H groups in total. The number of hydrogen-bond donors (Lipinski definition) is 1. The van der Waals surface area contributed by atoms with Gasteiger partial charge in [0.15, 0.2) is 0 Å². The lowest BCUT2D eigenvalue weighted by atomic mass is 9.63. The maximum atomic E-state index is 10.9.